The molecule has 143 heavy (non-hydrogen) atoms. The number of nitrogens with zero attached hydrogens (tertiary/aromatic N) is 3. The number of rotatable bonds is 13. The van der Waals surface area contributed by atoms with Crippen molar-refractivity contribution in [2.45, 2.75) is 25.7 Å². The minimum absolute atomic E-state index is 0. The van der Waals surface area contributed by atoms with Gasteiger partial charge in [-0.1, -0.05) is 452 Å². The normalized spacial score (nSPS) is 12.6. The first-order chi connectivity index (χ1) is 69.9. The Morgan fingerprint density at radius 3 is 0.972 bits per heavy atom. The number of halogens is 1. The Morgan fingerprint density at radius 1 is 0.210 bits per heavy atom. The van der Waals surface area contributed by atoms with Gasteiger partial charge in [-0.3, -0.25) is 0 Å². The maximum atomic E-state index is 7.44. The third-order valence-corrected chi connectivity index (χ3v) is 29.5. The number of hydrogen-bond donors (Lipinski definition) is 1. The van der Waals surface area contributed by atoms with Crippen LogP contribution < -0.4 is 20.0 Å². The Kier molecular flexibility index (Phi) is 22.6. The lowest BCUT2D eigenvalue weighted by Gasteiger charge is -2.45. The number of hydrogen-bond acceptors (Lipinski definition) is 6. The van der Waals surface area contributed by atoms with Gasteiger partial charge in [0.1, 0.15) is 16.7 Å². The second-order valence-electron chi connectivity index (χ2n) is 36.4. The quantitative estimate of drug-likeness (QED) is 0.124. The molecule has 0 unspecified atom stereocenters. The van der Waals surface area contributed by atoms with Crippen molar-refractivity contribution >= 4 is 122 Å². The van der Waals surface area contributed by atoms with Crippen molar-refractivity contribution in [2.75, 3.05) is 20.0 Å². The van der Waals surface area contributed by atoms with E-state index in [4.69, 9.17) is 8.83 Å². The molecule has 2 aliphatic carbocycles. The molecular weight excluding hydrogens is 1800 g/mol. The Hall–Kier alpha value is -17.9. The van der Waals surface area contributed by atoms with Gasteiger partial charge in [0, 0.05) is 72.2 Å². The van der Waals surface area contributed by atoms with Crippen LogP contribution in [0.5, 0.6) is 0 Å². The summed E-state index contributed by atoms with van der Waals surface area (Å²) in [7, 11) is 0. The van der Waals surface area contributed by atoms with Gasteiger partial charge < -0.3 is 28.9 Å². The van der Waals surface area contributed by atoms with E-state index in [-0.39, 0.29) is 14.9 Å². The summed E-state index contributed by atoms with van der Waals surface area (Å²) in [5.74, 6) is 0. The zero-order valence-corrected chi connectivity index (χ0v) is 78.4. The molecular formula is C136H97BrN4O2. The molecule has 2 aliphatic heterocycles. The van der Waals surface area contributed by atoms with Gasteiger partial charge in [0.25, 0.3) is 0 Å². The topological polar surface area (TPSA) is 48.0 Å². The minimum atomic E-state index is -0.571. The van der Waals surface area contributed by atoms with Crippen LogP contribution >= 0.6 is 15.9 Å². The molecule has 4 heterocycles. The number of para-hydroxylation sites is 12. The lowest BCUT2D eigenvalue weighted by Crippen LogP contribution is -2.36. The molecule has 7 heteroatoms. The highest BCUT2D eigenvalue weighted by Gasteiger charge is 2.54. The summed E-state index contributed by atoms with van der Waals surface area (Å²) in [5.41, 5.74) is 44.0. The molecule has 2 spiro atoms. The zero-order valence-electron chi connectivity index (χ0n) is 76.8. The van der Waals surface area contributed by atoms with Crippen molar-refractivity contribution in [1.29, 1.82) is 0 Å². The summed E-state index contributed by atoms with van der Waals surface area (Å²) >= 11 is 3.73. The summed E-state index contributed by atoms with van der Waals surface area (Å²) in [6, 6.07) is 192. The average Bonchev–Trinajstić information content (AvgIpc) is 1.52. The predicted molar refractivity (Wildman–Crippen MR) is 603 cm³/mol. The lowest BCUT2D eigenvalue weighted by atomic mass is 9.64. The van der Waals surface area contributed by atoms with Gasteiger partial charge in [0.05, 0.1) is 49.4 Å². The molecule has 28 rings (SSSR count). The lowest BCUT2D eigenvalue weighted by molar-refractivity contribution is 0.668. The largest absolute Gasteiger partial charge is 0.454 e. The zero-order chi connectivity index (χ0) is 93.5. The monoisotopic (exact) mass is 1900 g/mol. The molecule has 0 bridgehead atoms. The summed E-state index contributed by atoms with van der Waals surface area (Å²) in [6.45, 7) is 0. The molecule has 0 saturated heterocycles. The SMILES string of the molecule is Brc1cccc2c1oc1c(-c3cccc4c3-c3ccccc3C43c4ccccc4N(c4ccccc4)c4ccccc43)cccc12.C.C.c1ccc(-c2ccc(N(c3ccccc3-c3ccccc3)c3cccc4c3oc3c(-c5cccc6c5-c5ccccc5C65c6ccccc6N(c6ccccc6)c6ccccc65)cccc34)cc2)cc1.c1ccc(-c2ccc(Nc3ccccc3-c3ccccc3)cc2)cc1. The second kappa shape index (κ2) is 36.8. The summed E-state index contributed by atoms with van der Waals surface area (Å²) in [5, 5.41) is 7.94. The molecule has 0 saturated carbocycles. The Morgan fingerprint density at radius 2 is 0.510 bits per heavy atom. The first-order valence-electron chi connectivity index (χ1n) is 48.2. The molecule has 6 nitrogen and oxygen atoms in total. The van der Waals surface area contributed by atoms with Crippen molar-refractivity contribution in [1.82, 2.24) is 0 Å². The van der Waals surface area contributed by atoms with E-state index < -0.39 is 10.8 Å². The van der Waals surface area contributed by atoms with Gasteiger partial charge in [-0.05, 0) is 224 Å². The molecule has 24 aromatic rings. The second-order valence-corrected chi connectivity index (χ2v) is 37.3. The highest BCUT2D eigenvalue weighted by atomic mass is 79.9. The van der Waals surface area contributed by atoms with E-state index in [0.29, 0.717) is 0 Å². The summed E-state index contributed by atoms with van der Waals surface area (Å²) in [4.78, 5) is 7.23. The molecule has 22 aromatic carbocycles. The fraction of sp³-hybridized carbons (Fsp3) is 0.0294. The first kappa shape index (κ1) is 87.9. The number of nitrogens with one attached hydrogen (secondary N) is 1. The van der Waals surface area contributed by atoms with E-state index in [1.54, 1.807) is 0 Å². The van der Waals surface area contributed by atoms with E-state index in [9.17, 15) is 0 Å². The van der Waals surface area contributed by atoms with Gasteiger partial charge in [-0.25, -0.2) is 0 Å². The van der Waals surface area contributed by atoms with Crippen molar-refractivity contribution in [3.63, 3.8) is 0 Å². The molecule has 680 valence electrons. The summed E-state index contributed by atoms with van der Waals surface area (Å²) in [6.07, 6.45) is 0. The molecule has 0 atom stereocenters. The van der Waals surface area contributed by atoms with Gasteiger partial charge in [0.2, 0.25) is 0 Å². The third-order valence-electron chi connectivity index (χ3n) is 28.9. The van der Waals surface area contributed by atoms with Crippen LogP contribution in [-0.4, -0.2) is 0 Å². The maximum Gasteiger partial charge on any atom is 0.159 e. The molecule has 0 amide bonds. The van der Waals surface area contributed by atoms with Crippen LogP contribution in [0.15, 0.2) is 547 Å². The Bertz CT molecular complexity index is 8810. The molecule has 0 fully saturated rings. The number of benzene rings is 22. The van der Waals surface area contributed by atoms with Crippen molar-refractivity contribution in [3.05, 3.63) is 583 Å². The highest BCUT2D eigenvalue weighted by molar-refractivity contribution is 9.10. The molecule has 1 N–H and O–H groups in total. The standard InChI is InChI=1S/C67H44N2O.C43H26BrNO.C24H19N.2CH4/c1-4-21-45(22-5-1)46-41-43-49(44-42-46)68(60-37-15-11-27-50(60)47-23-6-2-7-24-47)63-40-20-32-54-53-31-18-30-52(65(53)70-66(54)63)51-29-19-36-59-64(51)55-28-10-12-33-56(55)67(59)57-34-13-16-38-61(57)69(48-25-8-3-9-26-48)62-39-17-14-35-58(62)67;44-37-24-12-19-31-30-18-10-17-29(41(30)46-42(31)37)28-16-11-23-36-40(28)32-15-4-5-20-33(32)43(36)34-21-6-8-25-38(34)45(27-13-2-1-3-14-27)39-26-9-7-22-35(39)43;1-3-9-19(10-4-1)20-15-17-22(18-16-20)25-24-14-8-7-13-23(24)21-11-5-2-6-12-21;;/h1-44H;1-26H;1-18,25H;2*1H4. The van der Waals surface area contributed by atoms with Crippen LogP contribution in [0.1, 0.15) is 59.4 Å². The van der Waals surface area contributed by atoms with Gasteiger partial charge in [0.15, 0.2) is 5.58 Å². The number of fused-ring (bicyclic) bond motifs is 24. The minimum Gasteiger partial charge on any atom is -0.454 e. The van der Waals surface area contributed by atoms with Crippen LogP contribution in [0.3, 0.4) is 0 Å². The Balaban J connectivity index is 0.000000129. The maximum absolute atomic E-state index is 7.44. The van der Waals surface area contributed by atoms with Gasteiger partial charge >= 0.3 is 0 Å². The molecule has 0 radical (unpaired) electrons. The number of furan rings is 2. The van der Waals surface area contributed by atoms with Crippen LogP contribution in [0.25, 0.3) is 133 Å². The van der Waals surface area contributed by atoms with E-state index in [1.807, 2.05) is 18.2 Å². The smallest absolute Gasteiger partial charge is 0.159 e. The predicted octanol–water partition coefficient (Wildman–Crippen LogP) is 38.4. The fourth-order valence-electron chi connectivity index (χ4n) is 23.0. The van der Waals surface area contributed by atoms with E-state index in [2.05, 4.69) is 552 Å². The van der Waals surface area contributed by atoms with Crippen molar-refractivity contribution in [2.24, 2.45) is 0 Å². The van der Waals surface area contributed by atoms with Crippen LogP contribution in [0, 0.1) is 0 Å². The molecule has 4 aliphatic rings. The summed E-state index contributed by atoms with van der Waals surface area (Å²) < 4.78 is 15.1. The van der Waals surface area contributed by atoms with Crippen LogP contribution in [-0.2, 0) is 10.8 Å². The highest BCUT2D eigenvalue weighted by Crippen LogP contribution is 2.68. The van der Waals surface area contributed by atoms with Crippen LogP contribution in [0.2, 0.25) is 0 Å². The Labute approximate surface area is 842 Å². The van der Waals surface area contributed by atoms with Crippen molar-refractivity contribution in [3.8, 4) is 89.0 Å². The van der Waals surface area contributed by atoms with Crippen LogP contribution in [0.4, 0.5) is 62.6 Å². The molecule has 2 aromatic heterocycles. The van der Waals surface area contributed by atoms with E-state index >= 15 is 0 Å². The van der Waals surface area contributed by atoms with Crippen molar-refractivity contribution < 1.29 is 8.83 Å². The fourth-order valence-corrected chi connectivity index (χ4v) is 23.5. The third kappa shape index (κ3) is 14.4. The number of anilines is 11. The average molecular weight is 1900 g/mol. The first-order valence-corrected chi connectivity index (χ1v) is 49.0. The van der Waals surface area contributed by atoms with E-state index in [1.165, 1.54) is 128 Å². The van der Waals surface area contributed by atoms with Gasteiger partial charge in [-0.15, -0.1) is 0 Å². The van der Waals surface area contributed by atoms with Gasteiger partial charge in [-0.2, -0.15) is 0 Å². The van der Waals surface area contributed by atoms with E-state index in [0.717, 1.165) is 116 Å².